The van der Waals surface area contributed by atoms with Crippen molar-refractivity contribution in [3.8, 4) is 0 Å². The fourth-order valence-corrected chi connectivity index (χ4v) is 7.68. The van der Waals surface area contributed by atoms with Gasteiger partial charge >= 0.3 is 0 Å². The Morgan fingerprint density at radius 1 is 1.14 bits per heavy atom. The summed E-state index contributed by atoms with van der Waals surface area (Å²) in [6, 6.07) is 9.39. The number of hydrogen-bond donors (Lipinski definition) is 1. The van der Waals surface area contributed by atoms with Crippen LogP contribution in [0.15, 0.2) is 46.8 Å². The number of imide groups is 1. The molecule has 7 nitrogen and oxygen atoms in total. The number of thiophene rings is 1. The molecule has 146 valence electrons. The summed E-state index contributed by atoms with van der Waals surface area (Å²) in [5.41, 5.74) is 0.257. The standard InChI is InChI=1S/C18H11N3O4S4/c22-16-12-11(10-2-1-7-27-10)13-15(19-18(26)29-13)28-14(12)17(23)20(16)8-3-5-9(6-4-8)21(24)25/h1-7,11-12,14H,(H,19,26). The second kappa shape index (κ2) is 6.87. The van der Waals surface area contributed by atoms with E-state index in [4.69, 9.17) is 12.2 Å². The molecule has 3 unspecified atom stereocenters. The summed E-state index contributed by atoms with van der Waals surface area (Å²) in [6.45, 7) is 0. The summed E-state index contributed by atoms with van der Waals surface area (Å²) >= 11 is 9.63. The van der Waals surface area contributed by atoms with E-state index in [9.17, 15) is 19.7 Å². The molecule has 0 aliphatic carbocycles. The van der Waals surface area contributed by atoms with E-state index in [0.29, 0.717) is 9.64 Å². The summed E-state index contributed by atoms with van der Waals surface area (Å²) in [4.78, 5) is 43.4. The predicted molar refractivity (Wildman–Crippen MR) is 114 cm³/mol. The van der Waals surface area contributed by atoms with Crippen LogP contribution in [-0.2, 0) is 9.59 Å². The van der Waals surface area contributed by atoms with Crippen molar-refractivity contribution in [3.05, 3.63) is 65.6 Å². The van der Waals surface area contributed by atoms with E-state index in [1.165, 1.54) is 47.4 Å². The van der Waals surface area contributed by atoms with Crippen LogP contribution in [0.5, 0.6) is 0 Å². The number of thiazole rings is 1. The highest BCUT2D eigenvalue weighted by Crippen LogP contribution is 2.54. The molecule has 0 saturated carbocycles. The molecule has 4 heterocycles. The number of rotatable bonds is 3. The number of fused-ring (bicyclic) bond motifs is 2. The van der Waals surface area contributed by atoms with Crippen molar-refractivity contribution in [3.63, 3.8) is 0 Å². The minimum atomic E-state index is -0.572. The molecule has 2 amide bonds. The van der Waals surface area contributed by atoms with E-state index in [1.54, 1.807) is 11.3 Å². The molecule has 3 aromatic rings. The van der Waals surface area contributed by atoms with E-state index < -0.39 is 16.1 Å². The van der Waals surface area contributed by atoms with Crippen molar-refractivity contribution in [2.24, 2.45) is 5.92 Å². The molecule has 0 spiro atoms. The first-order valence-corrected chi connectivity index (χ1v) is 11.5. The Balaban J connectivity index is 1.60. The maximum Gasteiger partial charge on any atom is 0.269 e. The number of nitrogens with zero attached hydrogens (tertiary/aromatic N) is 2. The van der Waals surface area contributed by atoms with Crippen molar-refractivity contribution >= 4 is 69.8 Å². The monoisotopic (exact) mass is 461 g/mol. The van der Waals surface area contributed by atoms with E-state index in [0.717, 1.165) is 19.7 Å². The number of amides is 2. The molecule has 1 saturated heterocycles. The number of carbonyl (C=O) groups is 2. The average Bonchev–Trinajstić information content (AvgIpc) is 3.40. The first-order chi connectivity index (χ1) is 14.0. The van der Waals surface area contributed by atoms with Gasteiger partial charge in [0.05, 0.1) is 21.6 Å². The number of hydrogen-bond acceptors (Lipinski definition) is 8. The third-order valence-electron chi connectivity index (χ3n) is 4.99. The van der Waals surface area contributed by atoms with Crippen LogP contribution in [0.25, 0.3) is 0 Å². The second-order valence-electron chi connectivity index (χ2n) is 6.55. The summed E-state index contributed by atoms with van der Waals surface area (Å²) in [5, 5.41) is 13.1. The van der Waals surface area contributed by atoms with Crippen molar-refractivity contribution in [2.45, 2.75) is 16.2 Å². The smallest absolute Gasteiger partial charge is 0.269 e. The van der Waals surface area contributed by atoms with Crippen LogP contribution in [0.1, 0.15) is 15.7 Å². The van der Waals surface area contributed by atoms with E-state index in [-0.39, 0.29) is 23.4 Å². The first kappa shape index (κ1) is 18.7. The third kappa shape index (κ3) is 2.88. The van der Waals surface area contributed by atoms with Gasteiger partial charge in [-0.1, -0.05) is 17.8 Å². The van der Waals surface area contributed by atoms with Gasteiger partial charge < -0.3 is 4.98 Å². The number of anilines is 1. The normalized spacial score (nSPS) is 23.2. The number of nitro groups is 1. The van der Waals surface area contributed by atoms with Crippen LogP contribution in [-0.4, -0.2) is 27.0 Å². The van der Waals surface area contributed by atoms with Crippen molar-refractivity contribution in [2.75, 3.05) is 4.90 Å². The lowest BCUT2D eigenvalue weighted by molar-refractivity contribution is -0.384. The van der Waals surface area contributed by atoms with Gasteiger partial charge in [-0.05, 0) is 35.8 Å². The molecular weight excluding hydrogens is 450 g/mol. The Bertz CT molecular complexity index is 1200. The van der Waals surface area contributed by atoms with Crippen LogP contribution in [0.3, 0.4) is 0 Å². The maximum absolute atomic E-state index is 13.4. The van der Waals surface area contributed by atoms with Crippen LogP contribution >= 0.6 is 46.7 Å². The zero-order chi connectivity index (χ0) is 20.3. The topological polar surface area (TPSA) is 96.3 Å². The number of nitro benzene ring substituents is 1. The maximum atomic E-state index is 13.4. The van der Waals surface area contributed by atoms with Crippen molar-refractivity contribution < 1.29 is 14.5 Å². The van der Waals surface area contributed by atoms with Gasteiger partial charge in [0.25, 0.3) is 5.69 Å². The van der Waals surface area contributed by atoms with E-state index >= 15 is 0 Å². The fourth-order valence-electron chi connectivity index (χ4n) is 3.77. The van der Waals surface area contributed by atoms with E-state index in [2.05, 4.69) is 4.98 Å². The lowest BCUT2D eigenvalue weighted by Crippen LogP contribution is -2.32. The highest BCUT2D eigenvalue weighted by molar-refractivity contribution is 8.01. The molecular formula is C18H11N3O4S4. The number of benzene rings is 1. The highest BCUT2D eigenvalue weighted by atomic mass is 32.2. The number of aromatic amines is 1. The van der Waals surface area contributed by atoms with Gasteiger partial charge in [-0.2, -0.15) is 0 Å². The molecule has 1 N–H and O–H groups in total. The SMILES string of the molecule is O=C1C2Sc3[nH]c(=S)sc3C(c3cccs3)C2C(=O)N1c1ccc([N+](=O)[O-])cc1. The molecule has 1 aromatic carbocycles. The zero-order valence-electron chi connectivity index (χ0n) is 14.4. The summed E-state index contributed by atoms with van der Waals surface area (Å²) < 4.78 is 0.621. The minimum Gasteiger partial charge on any atom is -0.332 e. The van der Waals surface area contributed by atoms with Gasteiger partial charge in [-0.25, -0.2) is 4.90 Å². The highest BCUT2D eigenvalue weighted by Gasteiger charge is 2.56. The molecule has 2 aliphatic heterocycles. The van der Waals surface area contributed by atoms with Crippen LogP contribution in [0.4, 0.5) is 11.4 Å². The summed E-state index contributed by atoms with van der Waals surface area (Å²) in [7, 11) is 0. The van der Waals surface area contributed by atoms with Gasteiger partial charge in [0.2, 0.25) is 11.8 Å². The van der Waals surface area contributed by atoms with Gasteiger partial charge in [0.1, 0.15) is 5.25 Å². The molecule has 5 rings (SSSR count). The Kier molecular flexibility index (Phi) is 4.42. The van der Waals surface area contributed by atoms with Crippen molar-refractivity contribution in [1.82, 2.24) is 4.98 Å². The van der Waals surface area contributed by atoms with Gasteiger partial charge in [-0.3, -0.25) is 19.7 Å². The molecule has 29 heavy (non-hydrogen) atoms. The van der Waals surface area contributed by atoms with E-state index in [1.807, 2.05) is 17.5 Å². The van der Waals surface area contributed by atoms with Crippen LogP contribution < -0.4 is 4.90 Å². The van der Waals surface area contributed by atoms with Gasteiger partial charge in [0.15, 0.2) is 3.95 Å². The molecule has 1 fully saturated rings. The number of H-pyrrole nitrogens is 1. The molecule has 11 heteroatoms. The largest absolute Gasteiger partial charge is 0.332 e. The fraction of sp³-hybridized carbons (Fsp3) is 0.167. The third-order valence-corrected chi connectivity index (χ3v) is 8.70. The Labute approximate surface area is 181 Å². The average molecular weight is 462 g/mol. The minimum absolute atomic E-state index is 0.0918. The Hall–Kier alpha value is -2.34. The predicted octanol–water partition coefficient (Wildman–Crippen LogP) is 4.57. The number of non-ortho nitro benzene ring substituents is 1. The molecule has 0 bridgehead atoms. The molecule has 0 radical (unpaired) electrons. The Morgan fingerprint density at radius 3 is 2.55 bits per heavy atom. The molecule has 2 aliphatic rings. The van der Waals surface area contributed by atoms with Gasteiger partial charge in [-0.15, -0.1) is 22.7 Å². The number of nitrogens with one attached hydrogen (secondary N) is 1. The summed E-state index contributed by atoms with van der Waals surface area (Å²) in [5.74, 6) is -1.38. The quantitative estimate of drug-likeness (QED) is 0.266. The molecule has 3 atom stereocenters. The summed E-state index contributed by atoms with van der Waals surface area (Å²) in [6.07, 6.45) is 0. The van der Waals surface area contributed by atoms with Crippen molar-refractivity contribution in [1.29, 1.82) is 0 Å². The lowest BCUT2D eigenvalue weighted by atomic mass is 9.87. The second-order valence-corrected chi connectivity index (χ2v) is 10.4. The Morgan fingerprint density at radius 2 is 1.90 bits per heavy atom. The zero-order valence-corrected chi connectivity index (χ0v) is 17.7. The number of aromatic nitrogens is 1. The lowest BCUT2D eigenvalue weighted by Gasteiger charge is -2.28. The number of thioether (sulfide) groups is 1. The number of carbonyl (C=O) groups excluding carboxylic acids is 2. The molecule has 2 aromatic heterocycles. The van der Waals surface area contributed by atoms with Crippen LogP contribution in [0.2, 0.25) is 0 Å². The van der Waals surface area contributed by atoms with Crippen LogP contribution in [0, 0.1) is 20.0 Å². The van der Waals surface area contributed by atoms with Gasteiger partial charge in [0, 0.05) is 27.8 Å². The first-order valence-electron chi connectivity index (χ1n) is 8.51.